The maximum absolute atomic E-state index is 13.0. The van der Waals surface area contributed by atoms with Crippen LogP contribution in [0.5, 0.6) is 11.5 Å². The fourth-order valence-electron chi connectivity index (χ4n) is 3.40. The summed E-state index contributed by atoms with van der Waals surface area (Å²) in [6, 6.07) is 14.2. The van der Waals surface area contributed by atoms with Gasteiger partial charge in [0.15, 0.2) is 0 Å². The van der Waals surface area contributed by atoms with Crippen LogP contribution in [0.25, 0.3) is 0 Å². The summed E-state index contributed by atoms with van der Waals surface area (Å²) in [7, 11) is -0.936. The van der Waals surface area contributed by atoms with Crippen LogP contribution in [0.15, 0.2) is 59.5 Å². The Morgan fingerprint density at radius 2 is 1.68 bits per heavy atom. The molecule has 9 heteroatoms. The van der Waals surface area contributed by atoms with Crippen molar-refractivity contribution in [3.63, 3.8) is 0 Å². The molecule has 0 saturated carbocycles. The van der Waals surface area contributed by atoms with Crippen LogP contribution in [0.4, 0.5) is 5.69 Å². The van der Waals surface area contributed by atoms with E-state index in [9.17, 15) is 13.2 Å². The van der Waals surface area contributed by atoms with Gasteiger partial charge in [0.2, 0.25) is 0 Å². The molecule has 0 aliphatic carbocycles. The van der Waals surface area contributed by atoms with Crippen molar-refractivity contribution >= 4 is 33.2 Å². The summed E-state index contributed by atoms with van der Waals surface area (Å²) < 4.78 is 39.3. The molecular formula is C25H27ClN2O5S. The van der Waals surface area contributed by atoms with Crippen LogP contribution in [0.1, 0.15) is 40.0 Å². The summed E-state index contributed by atoms with van der Waals surface area (Å²) in [5, 5.41) is 2.88. The number of benzene rings is 3. The fraction of sp³-hybridized carbons (Fsp3) is 0.240. The number of anilines is 1. The number of methoxy groups -OCH3 is 2. The van der Waals surface area contributed by atoms with Gasteiger partial charge in [0.25, 0.3) is 15.9 Å². The first-order valence-electron chi connectivity index (χ1n) is 10.5. The highest BCUT2D eigenvalue weighted by atomic mass is 35.5. The Kier molecular flexibility index (Phi) is 7.74. The molecule has 0 heterocycles. The molecule has 0 unspecified atom stereocenters. The third-order valence-corrected chi connectivity index (χ3v) is 7.36. The number of ether oxygens (including phenoxy) is 2. The highest BCUT2D eigenvalue weighted by Crippen LogP contribution is 2.30. The van der Waals surface area contributed by atoms with Crippen LogP contribution in [0.3, 0.4) is 0 Å². The normalized spacial score (nSPS) is 12.1. The number of carbonyl (C=O) groups is 1. The van der Waals surface area contributed by atoms with Crippen molar-refractivity contribution in [2.75, 3.05) is 18.9 Å². The molecule has 0 radical (unpaired) electrons. The van der Waals surface area contributed by atoms with Gasteiger partial charge in [-0.3, -0.25) is 9.52 Å². The van der Waals surface area contributed by atoms with Gasteiger partial charge in [0, 0.05) is 16.8 Å². The van der Waals surface area contributed by atoms with E-state index in [1.54, 1.807) is 51.5 Å². The Morgan fingerprint density at radius 3 is 2.32 bits per heavy atom. The van der Waals surface area contributed by atoms with Crippen LogP contribution >= 0.6 is 11.6 Å². The quantitative estimate of drug-likeness (QED) is 0.438. The van der Waals surface area contributed by atoms with Crippen molar-refractivity contribution in [2.45, 2.75) is 31.7 Å². The Hall–Kier alpha value is -3.23. The van der Waals surface area contributed by atoms with Gasteiger partial charge in [0.05, 0.1) is 25.3 Å². The third-order valence-electron chi connectivity index (χ3n) is 5.49. The van der Waals surface area contributed by atoms with Gasteiger partial charge in [0.1, 0.15) is 16.4 Å². The first-order chi connectivity index (χ1) is 16.1. The monoisotopic (exact) mass is 502 g/mol. The van der Waals surface area contributed by atoms with Gasteiger partial charge >= 0.3 is 0 Å². The molecule has 3 rings (SSSR count). The second kappa shape index (κ2) is 10.4. The van der Waals surface area contributed by atoms with Crippen LogP contribution < -0.4 is 19.5 Å². The van der Waals surface area contributed by atoms with Crippen LogP contribution in [0, 0.1) is 13.8 Å². The van der Waals surface area contributed by atoms with Crippen molar-refractivity contribution in [3.8, 4) is 11.5 Å². The Morgan fingerprint density at radius 1 is 0.941 bits per heavy atom. The van der Waals surface area contributed by atoms with Crippen molar-refractivity contribution < 1.29 is 22.7 Å². The minimum absolute atomic E-state index is 0.00963. The molecule has 34 heavy (non-hydrogen) atoms. The summed E-state index contributed by atoms with van der Waals surface area (Å²) >= 11 is 6.20. The van der Waals surface area contributed by atoms with Crippen LogP contribution in [-0.2, 0) is 10.0 Å². The van der Waals surface area contributed by atoms with Gasteiger partial charge < -0.3 is 14.8 Å². The lowest BCUT2D eigenvalue weighted by Crippen LogP contribution is -2.27. The summed E-state index contributed by atoms with van der Waals surface area (Å²) in [5.74, 6) is 0.747. The zero-order valence-electron chi connectivity index (χ0n) is 19.6. The van der Waals surface area contributed by atoms with E-state index in [1.165, 1.54) is 18.2 Å². The van der Waals surface area contributed by atoms with Gasteiger partial charge in [-0.1, -0.05) is 17.7 Å². The fourth-order valence-corrected chi connectivity index (χ4v) is 4.98. The minimum Gasteiger partial charge on any atom is -0.497 e. The van der Waals surface area contributed by atoms with Gasteiger partial charge in [-0.25, -0.2) is 8.42 Å². The molecule has 0 aliphatic rings. The van der Waals surface area contributed by atoms with E-state index in [-0.39, 0.29) is 15.5 Å². The molecule has 1 atom stereocenters. The van der Waals surface area contributed by atoms with E-state index in [1.807, 2.05) is 19.9 Å². The van der Waals surface area contributed by atoms with E-state index in [2.05, 4.69) is 10.0 Å². The molecular weight excluding hydrogens is 476 g/mol. The first-order valence-corrected chi connectivity index (χ1v) is 12.3. The number of halogens is 1. The Balaban J connectivity index is 1.86. The average molecular weight is 503 g/mol. The number of sulfonamides is 1. The standard InChI is InChI=1S/C25H27ClN2O5S/c1-15-6-8-19(12-16(15)2)28-34(30,31)24-13-18(7-10-22(24)26)25(29)27-17(3)21-14-20(32-4)9-11-23(21)33-5/h6-14,17,28H,1-5H3,(H,27,29)/t17-/m1/s1. The highest BCUT2D eigenvalue weighted by Gasteiger charge is 2.22. The highest BCUT2D eigenvalue weighted by molar-refractivity contribution is 7.92. The lowest BCUT2D eigenvalue weighted by molar-refractivity contribution is 0.0939. The molecule has 0 aromatic heterocycles. The minimum atomic E-state index is -4.03. The molecule has 3 aromatic rings. The predicted molar refractivity (Wildman–Crippen MR) is 134 cm³/mol. The number of aryl methyl sites for hydroxylation is 2. The second-order valence-corrected chi connectivity index (χ2v) is 9.91. The molecule has 0 spiro atoms. The molecule has 0 fully saturated rings. The molecule has 0 saturated heterocycles. The maximum atomic E-state index is 13.0. The summed E-state index contributed by atoms with van der Waals surface area (Å²) in [6.07, 6.45) is 0. The van der Waals surface area contributed by atoms with Crippen molar-refractivity contribution in [1.29, 1.82) is 0 Å². The summed E-state index contributed by atoms with van der Waals surface area (Å²) in [4.78, 5) is 12.8. The van der Waals surface area contributed by atoms with Gasteiger partial charge in [-0.15, -0.1) is 0 Å². The predicted octanol–water partition coefficient (Wildman–Crippen LogP) is 5.27. The average Bonchev–Trinajstić information content (AvgIpc) is 2.80. The van der Waals surface area contributed by atoms with E-state index in [0.29, 0.717) is 22.7 Å². The first kappa shape index (κ1) is 25.4. The number of carbonyl (C=O) groups excluding carboxylic acids is 1. The lowest BCUT2D eigenvalue weighted by Gasteiger charge is -2.19. The van der Waals surface area contributed by atoms with Crippen molar-refractivity contribution in [1.82, 2.24) is 5.32 Å². The van der Waals surface area contributed by atoms with Gasteiger partial charge in [-0.2, -0.15) is 0 Å². The molecule has 7 nitrogen and oxygen atoms in total. The van der Waals surface area contributed by atoms with E-state index < -0.39 is 22.0 Å². The van der Waals surface area contributed by atoms with Gasteiger partial charge in [-0.05, 0) is 80.4 Å². The lowest BCUT2D eigenvalue weighted by atomic mass is 10.1. The number of rotatable bonds is 8. The Bertz CT molecular complexity index is 1320. The Labute approximate surface area is 205 Å². The van der Waals surface area contributed by atoms with E-state index in [4.69, 9.17) is 21.1 Å². The van der Waals surface area contributed by atoms with Crippen molar-refractivity contribution in [3.05, 3.63) is 81.9 Å². The zero-order valence-corrected chi connectivity index (χ0v) is 21.2. The molecule has 2 N–H and O–H groups in total. The van der Waals surface area contributed by atoms with Crippen LogP contribution in [0.2, 0.25) is 5.02 Å². The van der Waals surface area contributed by atoms with Crippen LogP contribution in [-0.4, -0.2) is 28.5 Å². The van der Waals surface area contributed by atoms with E-state index in [0.717, 1.165) is 11.1 Å². The number of nitrogens with one attached hydrogen (secondary N) is 2. The molecule has 0 bridgehead atoms. The number of hydrogen-bond donors (Lipinski definition) is 2. The molecule has 1 amide bonds. The molecule has 0 aliphatic heterocycles. The summed E-state index contributed by atoms with van der Waals surface area (Å²) in [6.45, 7) is 5.63. The van der Waals surface area contributed by atoms with E-state index >= 15 is 0 Å². The SMILES string of the molecule is COc1ccc(OC)c([C@@H](C)NC(=O)c2ccc(Cl)c(S(=O)(=O)Nc3ccc(C)c(C)c3)c2)c1. The third kappa shape index (κ3) is 5.63. The number of hydrogen-bond acceptors (Lipinski definition) is 5. The largest absolute Gasteiger partial charge is 0.497 e. The second-order valence-electron chi connectivity index (χ2n) is 7.85. The number of amides is 1. The van der Waals surface area contributed by atoms with Crippen molar-refractivity contribution in [2.24, 2.45) is 0 Å². The molecule has 3 aromatic carbocycles. The molecule has 180 valence electrons. The zero-order chi connectivity index (χ0) is 25.0. The topological polar surface area (TPSA) is 93.7 Å². The summed E-state index contributed by atoms with van der Waals surface area (Å²) in [5.41, 5.74) is 3.27. The maximum Gasteiger partial charge on any atom is 0.263 e. The smallest absolute Gasteiger partial charge is 0.263 e.